The Morgan fingerprint density at radius 2 is 2.17 bits per heavy atom. The summed E-state index contributed by atoms with van der Waals surface area (Å²) >= 11 is 0. The number of halogens is 1. The van der Waals surface area contributed by atoms with Crippen molar-refractivity contribution >= 4 is 5.82 Å². The highest BCUT2D eigenvalue weighted by Crippen LogP contribution is 2.26. The molecule has 1 aliphatic heterocycles. The molecule has 1 aromatic heterocycles. The highest BCUT2D eigenvalue weighted by molar-refractivity contribution is 5.40. The standard InChI is InChI=1S/C17H20FN3O2/c1-13-8-16(20-12-19-13)21-6-7-23-17(10-21,11-22)9-14-4-2-3-5-15(14)18/h2-5,8,12,22H,6-7,9-11H2,1H3/t17-/m1/s1. The van der Waals surface area contributed by atoms with E-state index in [1.165, 1.54) is 12.4 Å². The molecule has 5 nitrogen and oxygen atoms in total. The van der Waals surface area contributed by atoms with Crippen LogP contribution in [-0.2, 0) is 11.2 Å². The van der Waals surface area contributed by atoms with Gasteiger partial charge in [-0.25, -0.2) is 14.4 Å². The Morgan fingerprint density at radius 3 is 2.91 bits per heavy atom. The van der Waals surface area contributed by atoms with Crippen molar-refractivity contribution in [2.45, 2.75) is 18.9 Å². The number of aliphatic hydroxyl groups excluding tert-OH is 1. The summed E-state index contributed by atoms with van der Waals surface area (Å²) < 4.78 is 19.8. The van der Waals surface area contributed by atoms with Gasteiger partial charge in [-0.05, 0) is 18.6 Å². The maximum atomic E-state index is 14.0. The van der Waals surface area contributed by atoms with Gasteiger partial charge in [-0.2, -0.15) is 0 Å². The van der Waals surface area contributed by atoms with E-state index < -0.39 is 5.60 Å². The molecule has 0 bridgehead atoms. The van der Waals surface area contributed by atoms with E-state index in [-0.39, 0.29) is 12.4 Å². The maximum absolute atomic E-state index is 14.0. The molecule has 0 aliphatic carbocycles. The van der Waals surface area contributed by atoms with Gasteiger partial charge >= 0.3 is 0 Å². The molecule has 0 spiro atoms. The van der Waals surface area contributed by atoms with E-state index in [0.717, 1.165) is 11.5 Å². The SMILES string of the molecule is Cc1cc(N2CCO[C@](CO)(Cc3ccccc3F)C2)ncn1. The summed E-state index contributed by atoms with van der Waals surface area (Å²) in [6.45, 7) is 3.31. The van der Waals surface area contributed by atoms with Crippen molar-refractivity contribution in [2.75, 3.05) is 31.2 Å². The molecule has 0 saturated carbocycles. The average Bonchev–Trinajstić information content (AvgIpc) is 2.57. The predicted octanol–water partition coefficient (Wildman–Crippen LogP) is 1.73. The molecular weight excluding hydrogens is 297 g/mol. The summed E-state index contributed by atoms with van der Waals surface area (Å²) in [5.74, 6) is 0.520. The minimum absolute atomic E-state index is 0.179. The van der Waals surface area contributed by atoms with Crippen LogP contribution in [0.3, 0.4) is 0 Å². The second-order valence-corrected chi connectivity index (χ2v) is 5.90. The predicted molar refractivity (Wildman–Crippen MR) is 84.9 cm³/mol. The lowest BCUT2D eigenvalue weighted by molar-refractivity contribution is -0.0873. The normalized spacial score (nSPS) is 21.4. The molecule has 6 heteroatoms. The third-order valence-electron chi connectivity index (χ3n) is 4.12. The van der Waals surface area contributed by atoms with Crippen molar-refractivity contribution in [3.8, 4) is 0 Å². The van der Waals surface area contributed by atoms with Gasteiger partial charge in [0.1, 0.15) is 23.6 Å². The molecule has 1 fully saturated rings. The molecule has 1 N–H and O–H groups in total. The van der Waals surface area contributed by atoms with E-state index in [1.807, 2.05) is 13.0 Å². The fourth-order valence-corrected chi connectivity index (χ4v) is 2.90. The summed E-state index contributed by atoms with van der Waals surface area (Å²) in [6.07, 6.45) is 1.84. The quantitative estimate of drug-likeness (QED) is 0.931. The molecular formula is C17H20FN3O2. The summed E-state index contributed by atoms with van der Waals surface area (Å²) in [4.78, 5) is 10.4. The first-order chi connectivity index (χ1) is 11.1. The second-order valence-electron chi connectivity index (χ2n) is 5.90. The Kier molecular flexibility index (Phi) is 4.54. The van der Waals surface area contributed by atoms with Gasteiger partial charge in [0.05, 0.1) is 19.8 Å². The molecule has 23 heavy (non-hydrogen) atoms. The zero-order valence-electron chi connectivity index (χ0n) is 13.1. The van der Waals surface area contributed by atoms with E-state index in [1.54, 1.807) is 18.2 Å². The van der Waals surface area contributed by atoms with Crippen LogP contribution in [-0.4, -0.2) is 47.0 Å². The number of nitrogens with zero attached hydrogens (tertiary/aromatic N) is 3. The van der Waals surface area contributed by atoms with Crippen LogP contribution in [0.4, 0.5) is 10.2 Å². The Labute approximate surface area is 134 Å². The van der Waals surface area contributed by atoms with Crippen LogP contribution in [0.1, 0.15) is 11.3 Å². The summed E-state index contributed by atoms with van der Waals surface area (Å²) in [5.41, 5.74) is 0.590. The number of morpholine rings is 1. The van der Waals surface area contributed by atoms with Crippen LogP contribution >= 0.6 is 0 Å². The van der Waals surface area contributed by atoms with Gasteiger partial charge in [0.2, 0.25) is 0 Å². The smallest absolute Gasteiger partial charge is 0.132 e. The van der Waals surface area contributed by atoms with Gasteiger partial charge in [0, 0.05) is 24.7 Å². The van der Waals surface area contributed by atoms with Crippen LogP contribution in [0.15, 0.2) is 36.7 Å². The number of hydrogen-bond acceptors (Lipinski definition) is 5. The topological polar surface area (TPSA) is 58.5 Å². The van der Waals surface area contributed by atoms with Crippen LogP contribution in [0.2, 0.25) is 0 Å². The molecule has 0 amide bonds. The van der Waals surface area contributed by atoms with E-state index in [0.29, 0.717) is 31.7 Å². The Balaban J connectivity index is 1.83. The van der Waals surface area contributed by atoms with E-state index in [2.05, 4.69) is 14.9 Å². The second kappa shape index (κ2) is 6.60. The lowest BCUT2D eigenvalue weighted by Gasteiger charge is -2.42. The number of aliphatic hydroxyl groups is 1. The lowest BCUT2D eigenvalue weighted by Crippen LogP contribution is -2.55. The van der Waals surface area contributed by atoms with Gasteiger partial charge in [-0.1, -0.05) is 18.2 Å². The fraction of sp³-hybridized carbons (Fsp3) is 0.412. The molecule has 2 aromatic rings. The van der Waals surface area contributed by atoms with Gasteiger partial charge in [-0.3, -0.25) is 0 Å². The molecule has 122 valence electrons. The van der Waals surface area contributed by atoms with Crippen LogP contribution in [0, 0.1) is 12.7 Å². The van der Waals surface area contributed by atoms with Crippen LogP contribution < -0.4 is 4.90 Å². The maximum Gasteiger partial charge on any atom is 0.132 e. The number of ether oxygens (including phenoxy) is 1. The Bertz CT molecular complexity index is 682. The third kappa shape index (κ3) is 3.48. The van der Waals surface area contributed by atoms with Gasteiger partial charge < -0.3 is 14.7 Å². The van der Waals surface area contributed by atoms with Crippen molar-refractivity contribution < 1.29 is 14.2 Å². The number of benzene rings is 1. The zero-order chi connectivity index (χ0) is 16.3. The number of rotatable bonds is 4. The number of hydrogen-bond donors (Lipinski definition) is 1. The molecule has 1 aromatic carbocycles. The fourth-order valence-electron chi connectivity index (χ4n) is 2.90. The molecule has 0 unspecified atom stereocenters. The molecule has 1 saturated heterocycles. The molecule has 0 radical (unpaired) electrons. The zero-order valence-corrected chi connectivity index (χ0v) is 13.1. The molecule has 1 atom stereocenters. The molecule has 2 heterocycles. The van der Waals surface area contributed by atoms with Gasteiger partial charge in [0.25, 0.3) is 0 Å². The highest BCUT2D eigenvalue weighted by atomic mass is 19.1. The van der Waals surface area contributed by atoms with Crippen LogP contribution in [0.5, 0.6) is 0 Å². The monoisotopic (exact) mass is 317 g/mol. The first-order valence-corrected chi connectivity index (χ1v) is 7.64. The first-order valence-electron chi connectivity index (χ1n) is 7.64. The largest absolute Gasteiger partial charge is 0.393 e. The first kappa shape index (κ1) is 15.8. The number of aryl methyl sites for hydroxylation is 1. The van der Waals surface area contributed by atoms with E-state index in [4.69, 9.17) is 4.74 Å². The van der Waals surface area contributed by atoms with Crippen molar-refractivity contribution in [3.63, 3.8) is 0 Å². The molecule has 3 rings (SSSR count). The van der Waals surface area contributed by atoms with E-state index >= 15 is 0 Å². The molecule has 1 aliphatic rings. The summed E-state index contributed by atoms with van der Waals surface area (Å²) in [6, 6.07) is 8.50. The van der Waals surface area contributed by atoms with Crippen LogP contribution in [0.25, 0.3) is 0 Å². The minimum atomic E-state index is -0.834. The van der Waals surface area contributed by atoms with Crippen molar-refractivity contribution in [2.24, 2.45) is 0 Å². The number of aromatic nitrogens is 2. The van der Waals surface area contributed by atoms with Crippen molar-refractivity contribution in [1.82, 2.24) is 9.97 Å². The Morgan fingerprint density at radius 1 is 1.35 bits per heavy atom. The van der Waals surface area contributed by atoms with Gasteiger partial charge in [-0.15, -0.1) is 0 Å². The third-order valence-corrected chi connectivity index (χ3v) is 4.12. The number of anilines is 1. The average molecular weight is 317 g/mol. The van der Waals surface area contributed by atoms with Gasteiger partial charge in [0.15, 0.2) is 0 Å². The van der Waals surface area contributed by atoms with Crippen molar-refractivity contribution in [1.29, 1.82) is 0 Å². The Hall–Kier alpha value is -2.05. The van der Waals surface area contributed by atoms with E-state index in [9.17, 15) is 9.50 Å². The highest BCUT2D eigenvalue weighted by Gasteiger charge is 2.37. The lowest BCUT2D eigenvalue weighted by atomic mass is 9.92. The summed E-state index contributed by atoms with van der Waals surface area (Å²) in [7, 11) is 0. The summed E-state index contributed by atoms with van der Waals surface area (Å²) in [5, 5.41) is 9.91. The van der Waals surface area contributed by atoms with Crippen molar-refractivity contribution in [3.05, 3.63) is 53.7 Å². The minimum Gasteiger partial charge on any atom is -0.393 e.